The Morgan fingerprint density at radius 1 is 1.14 bits per heavy atom. The molecule has 0 atom stereocenters. The third-order valence-electron chi connectivity index (χ3n) is 3.53. The van der Waals surface area contributed by atoms with Crippen LogP contribution in [-0.2, 0) is 17.6 Å². The zero-order valence-electron chi connectivity index (χ0n) is 12.4. The normalized spacial score (nSPS) is 10.2. The van der Waals surface area contributed by atoms with Crippen molar-refractivity contribution in [3.63, 3.8) is 0 Å². The summed E-state index contributed by atoms with van der Waals surface area (Å²) in [5, 5.41) is 9.78. The summed E-state index contributed by atoms with van der Waals surface area (Å²) in [6, 6.07) is 12.1. The van der Waals surface area contributed by atoms with Gasteiger partial charge < -0.3 is 9.84 Å². The number of aldehydes is 1. The molecule has 1 N–H and O–H groups in total. The van der Waals surface area contributed by atoms with Crippen molar-refractivity contribution in [2.75, 3.05) is 7.11 Å². The summed E-state index contributed by atoms with van der Waals surface area (Å²) >= 11 is 0. The number of rotatable bonds is 6. The molecule has 2 aromatic rings. The number of phenolic OH excluding ortho intramolecular Hbond substituents is 1. The second-order valence-corrected chi connectivity index (χ2v) is 5.05. The Morgan fingerprint density at radius 3 is 2.50 bits per heavy atom. The Labute approximate surface area is 129 Å². The van der Waals surface area contributed by atoms with E-state index in [4.69, 9.17) is 0 Å². The molecule has 22 heavy (non-hydrogen) atoms. The van der Waals surface area contributed by atoms with Crippen LogP contribution >= 0.6 is 0 Å². The van der Waals surface area contributed by atoms with E-state index >= 15 is 0 Å². The lowest BCUT2D eigenvalue weighted by Gasteiger charge is -2.06. The summed E-state index contributed by atoms with van der Waals surface area (Å²) < 4.78 is 4.65. The monoisotopic (exact) mass is 298 g/mol. The molecule has 2 rings (SSSR count). The first-order chi connectivity index (χ1) is 10.6. The highest BCUT2D eigenvalue weighted by atomic mass is 16.5. The number of methoxy groups -OCH3 is 1. The van der Waals surface area contributed by atoms with E-state index in [1.807, 2.05) is 12.1 Å². The minimum atomic E-state index is -0.345. The minimum Gasteiger partial charge on any atom is -0.508 e. The summed E-state index contributed by atoms with van der Waals surface area (Å²) in [6.07, 6.45) is 3.13. The number of benzene rings is 2. The van der Waals surface area contributed by atoms with Crippen molar-refractivity contribution < 1.29 is 19.4 Å². The number of phenols is 1. The lowest BCUT2D eigenvalue weighted by atomic mass is 10.0. The number of esters is 1. The molecule has 114 valence electrons. The van der Waals surface area contributed by atoms with Crippen molar-refractivity contribution in [1.82, 2.24) is 0 Å². The average Bonchev–Trinajstić information content (AvgIpc) is 2.56. The fraction of sp³-hybridized carbons (Fsp3) is 0.222. The molecule has 0 aliphatic rings. The maximum Gasteiger partial charge on any atom is 0.337 e. The van der Waals surface area contributed by atoms with Crippen molar-refractivity contribution in [2.45, 2.75) is 19.3 Å². The van der Waals surface area contributed by atoms with Crippen LogP contribution in [0.4, 0.5) is 0 Å². The fourth-order valence-electron chi connectivity index (χ4n) is 2.29. The molecule has 0 spiro atoms. The second-order valence-electron chi connectivity index (χ2n) is 5.05. The van der Waals surface area contributed by atoms with Gasteiger partial charge in [-0.25, -0.2) is 4.79 Å². The van der Waals surface area contributed by atoms with Gasteiger partial charge >= 0.3 is 5.97 Å². The van der Waals surface area contributed by atoms with Crippen LogP contribution in [0.25, 0.3) is 0 Å². The van der Waals surface area contributed by atoms with Crippen LogP contribution in [0.2, 0.25) is 0 Å². The Morgan fingerprint density at radius 2 is 1.86 bits per heavy atom. The molecule has 2 aromatic carbocycles. The van der Waals surface area contributed by atoms with Crippen molar-refractivity contribution in [1.29, 1.82) is 0 Å². The molecule has 4 nitrogen and oxygen atoms in total. The summed E-state index contributed by atoms with van der Waals surface area (Å²) in [4.78, 5) is 22.1. The molecule has 0 aliphatic heterocycles. The fourth-order valence-corrected chi connectivity index (χ4v) is 2.29. The second kappa shape index (κ2) is 7.41. The summed E-state index contributed by atoms with van der Waals surface area (Å²) in [7, 11) is 1.36. The maximum absolute atomic E-state index is 11.3. The Balaban J connectivity index is 1.93. The smallest absolute Gasteiger partial charge is 0.337 e. The van der Waals surface area contributed by atoms with Gasteiger partial charge in [-0.05, 0) is 60.7 Å². The molecule has 0 amide bonds. The number of carbonyl (C=O) groups is 2. The average molecular weight is 298 g/mol. The van der Waals surface area contributed by atoms with Crippen LogP contribution in [0.5, 0.6) is 5.75 Å². The van der Waals surface area contributed by atoms with Crippen molar-refractivity contribution in [2.24, 2.45) is 0 Å². The topological polar surface area (TPSA) is 63.6 Å². The van der Waals surface area contributed by atoms with Crippen molar-refractivity contribution in [3.8, 4) is 5.75 Å². The lowest BCUT2D eigenvalue weighted by molar-refractivity contribution is 0.0600. The van der Waals surface area contributed by atoms with E-state index < -0.39 is 0 Å². The Hall–Kier alpha value is -2.62. The van der Waals surface area contributed by atoms with Gasteiger partial charge in [-0.3, -0.25) is 4.79 Å². The highest BCUT2D eigenvalue weighted by Gasteiger charge is 2.05. The number of hydrogen-bond acceptors (Lipinski definition) is 4. The van der Waals surface area contributed by atoms with E-state index in [1.54, 1.807) is 30.3 Å². The first-order valence-electron chi connectivity index (χ1n) is 7.08. The molecule has 0 saturated heterocycles. The number of carbonyl (C=O) groups excluding carboxylic acids is 2. The molecule has 0 heterocycles. The highest BCUT2D eigenvalue weighted by molar-refractivity contribution is 5.89. The molecule has 0 saturated carbocycles. The molecule has 0 bridgehead atoms. The van der Waals surface area contributed by atoms with Gasteiger partial charge in [-0.15, -0.1) is 0 Å². The molecule has 0 aromatic heterocycles. The summed E-state index contributed by atoms with van der Waals surface area (Å²) in [6.45, 7) is 0. The molecule has 0 radical (unpaired) electrons. The standard InChI is InChI=1S/C18H18O4/c1-22-18(21)15-8-5-13(6-9-15)3-2-4-16-11-14(12-19)7-10-17(16)20/h5-12,20H,2-4H2,1H3. The van der Waals surface area contributed by atoms with E-state index in [0.717, 1.165) is 30.3 Å². The lowest BCUT2D eigenvalue weighted by Crippen LogP contribution is -2.01. The van der Waals surface area contributed by atoms with Gasteiger partial charge in [-0.1, -0.05) is 12.1 Å². The van der Waals surface area contributed by atoms with Gasteiger partial charge in [-0.2, -0.15) is 0 Å². The molecule has 4 heteroatoms. The van der Waals surface area contributed by atoms with Crippen LogP contribution in [0.15, 0.2) is 42.5 Å². The van der Waals surface area contributed by atoms with E-state index in [9.17, 15) is 14.7 Å². The van der Waals surface area contributed by atoms with Crippen LogP contribution in [0.1, 0.15) is 38.3 Å². The number of aromatic hydroxyl groups is 1. The van der Waals surface area contributed by atoms with E-state index in [-0.39, 0.29) is 11.7 Å². The third-order valence-corrected chi connectivity index (χ3v) is 3.53. The Bertz CT molecular complexity index is 659. The molecular formula is C18H18O4. The molecule has 0 aliphatic carbocycles. The summed E-state index contributed by atoms with van der Waals surface area (Å²) in [5.41, 5.74) is 2.98. The first kappa shape index (κ1) is 15.8. The number of ether oxygens (including phenoxy) is 1. The molecular weight excluding hydrogens is 280 g/mol. The maximum atomic E-state index is 11.3. The van der Waals surface area contributed by atoms with Crippen LogP contribution in [0, 0.1) is 0 Å². The van der Waals surface area contributed by atoms with Gasteiger partial charge in [0.15, 0.2) is 0 Å². The van der Waals surface area contributed by atoms with Crippen LogP contribution in [0.3, 0.4) is 0 Å². The van der Waals surface area contributed by atoms with E-state index in [2.05, 4.69) is 4.74 Å². The zero-order chi connectivity index (χ0) is 15.9. The zero-order valence-corrected chi connectivity index (χ0v) is 12.4. The number of aryl methyl sites for hydroxylation is 2. The first-order valence-corrected chi connectivity index (χ1v) is 7.08. The van der Waals surface area contributed by atoms with Crippen molar-refractivity contribution in [3.05, 3.63) is 64.7 Å². The highest BCUT2D eigenvalue weighted by Crippen LogP contribution is 2.20. The van der Waals surface area contributed by atoms with Crippen LogP contribution in [-0.4, -0.2) is 24.5 Å². The van der Waals surface area contributed by atoms with Gasteiger partial charge in [0.25, 0.3) is 0 Å². The largest absolute Gasteiger partial charge is 0.508 e. The number of hydrogen-bond donors (Lipinski definition) is 1. The molecule has 0 unspecified atom stereocenters. The van der Waals surface area contributed by atoms with Gasteiger partial charge in [0, 0.05) is 5.56 Å². The van der Waals surface area contributed by atoms with Gasteiger partial charge in [0.2, 0.25) is 0 Å². The van der Waals surface area contributed by atoms with Crippen molar-refractivity contribution >= 4 is 12.3 Å². The summed E-state index contributed by atoms with van der Waals surface area (Å²) in [5.74, 6) is -0.131. The Kier molecular flexibility index (Phi) is 5.31. The SMILES string of the molecule is COC(=O)c1ccc(CCCc2cc(C=O)ccc2O)cc1. The molecule has 0 fully saturated rings. The third kappa shape index (κ3) is 3.95. The minimum absolute atomic E-state index is 0.214. The van der Waals surface area contributed by atoms with Gasteiger partial charge in [0.05, 0.1) is 12.7 Å². The van der Waals surface area contributed by atoms with Crippen LogP contribution < -0.4 is 0 Å². The van der Waals surface area contributed by atoms with Gasteiger partial charge in [0.1, 0.15) is 12.0 Å². The predicted molar refractivity (Wildman–Crippen MR) is 83.3 cm³/mol. The van der Waals surface area contributed by atoms with E-state index in [1.165, 1.54) is 7.11 Å². The predicted octanol–water partition coefficient (Wildman–Crippen LogP) is 3.17. The quantitative estimate of drug-likeness (QED) is 0.657. The van der Waals surface area contributed by atoms with E-state index in [0.29, 0.717) is 17.5 Å².